The maximum Gasteiger partial charge on any atom is 0.244 e. The number of aromatic nitrogens is 1. The molecule has 110 valence electrons. The minimum absolute atomic E-state index is 0.0708. The highest BCUT2D eigenvalue weighted by atomic mass is 32.1. The van der Waals surface area contributed by atoms with Gasteiger partial charge in [-0.2, -0.15) is 0 Å². The van der Waals surface area contributed by atoms with Crippen molar-refractivity contribution in [1.82, 2.24) is 4.98 Å². The van der Waals surface area contributed by atoms with Crippen LogP contribution in [0.4, 0.5) is 5.69 Å². The zero-order chi connectivity index (χ0) is 14.7. The van der Waals surface area contributed by atoms with E-state index in [1.54, 1.807) is 17.5 Å². The van der Waals surface area contributed by atoms with E-state index in [1.165, 1.54) is 6.42 Å². The third kappa shape index (κ3) is 3.14. The number of nitrogens with zero attached hydrogens (tertiary/aromatic N) is 1. The van der Waals surface area contributed by atoms with Gasteiger partial charge in [0.05, 0.1) is 5.54 Å². The molecule has 1 aliphatic carbocycles. The van der Waals surface area contributed by atoms with Crippen molar-refractivity contribution in [2.24, 2.45) is 5.73 Å². The van der Waals surface area contributed by atoms with Gasteiger partial charge in [-0.05, 0) is 25.0 Å². The first-order valence-corrected chi connectivity index (χ1v) is 8.16. The highest BCUT2D eigenvalue weighted by Crippen LogP contribution is 2.28. The summed E-state index contributed by atoms with van der Waals surface area (Å²) >= 11 is 1.58. The fourth-order valence-corrected chi connectivity index (χ4v) is 3.40. The number of thiazole rings is 1. The molecular formula is C16H19N3OS. The largest absolute Gasteiger partial charge is 0.324 e. The van der Waals surface area contributed by atoms with Crippen LogP contribution in [0, 0.1) is 0 Å². The van der Waals surface area contributed by atoms with Crippen molar-refractivity contribution in [3.8, 4) is 10.6 Å². The second kappa shape index (κ2) is 5.95. The van der Waals surface area contributed by atoms with E-state index in [1.807, 2.05) is 29.6 Å². The van der Waals surface area contributed by atoms with E-state index in [0.717, 1.165) is 41.9 Å². The van der Waals surface area contributed by atoms with Gasteiger partial charge in [-0.25, -0.2) is 4.98 Å². The number of carbonyl (C=O) groups is 1. The van der Waals surface area contributed by atoms with Gasteiger partial charge in [0.2, 0.25) is 5.91 Å². The highest BCUT2D eigenvalue weighted by molar-refractivity contribution is 7.13. The van der Waals surface area contributed by atoms with E-state index in [2.05, 4.69) is 10.3 Å². The summed E-state index contributed by atoms with van der Waals surface area (Å²) in [6.45, 7) is 0. The van der Waals surface area contributed by atoms with Crippen LogP contribution in [0.25, 0.3) is 10.6 Å². The van der Waals surface area contributed by atoms with Crippen LogP contribution in [-0.4, -0.2) is 16.4 Å². The maximum absolute atomic E-state index is 12.4. The molecule has 1 saturated carbocycles. The molecule has 2 aromatic rings. The van der Waals surface area contributed by atoms with Gasteiger partial charge < -0.3 is 11.1 Å². The van der Waals surface area contributed by atoms with Crippen molar-refractivity contribution in [1.29, 1.82) is 0 Å². The summed E-state index contributed by atoms with van der Waals surface area (Å²) in [5.41, 5.74) is 7.34. The minimum atomic E-state index is -0.713. The van der Waals surface area contributed by atoms with Crippen molar-refractivity contribution in [3.63, 3.8) is 0 Å². The number of amides is 1. The Labute approximate surface area is 128 Å². The molecule has 1 aromatic heterocycles. The van der Waals surface area contributed by atoms with Crippen LogP contribution >= 0.6 is 11.3 Å². The number of nitrogens with one attached hydrogen (secondary N) is 1. The molecule has 3 N–H and O–H groups in total. The quantitative estimate of drug-likeness (QED) is 0.913. The molecule has 1 amide bonds. The second-order valence-electron chi connectivity index (χ2n) is 5.59. The first-order chi connectivity index (χ1) is 10.2. The summed E-state index contributed by atoms with van der Waals surface area (Å²) in [6, 6.07) is 7.76. The third-order valence-corrected chi connectivity index (χ3v) is 4.82. The predicted octanol–water partition coefficient (Wildman–Crippen LogP) is 3.41. The highest BCUT2D eigenvalue weighted by Gasteiger charge is 2.35. The molecule has 0 aliphatic heterocycles. The smallest absolute Gasteiger partial charge is 0.244 e. The van der Waals surface area contributed by atoms with Crippen LogP contribution < -0.4 is 11.1 Å². The summed E-state index contributed by atoms with van der Waals surface area (Å²) in [5, 5.41) is 5.86. The lowest BCUT2D eigenvalue weighted by Gasteiger charge is -2.31. The first kappa shape index (κ1) is 14.2. The molecule has 0 saturated heterocycles. The Hall–Kier alpha value is -1.72. The van der Waals surface area contributed by atoms with Crippen LogP contribution in [0.5, 0.6) is 0 Å². The molecule has 0 unspecified atom stereocenters. The van der Waals surface area contributed by atoms with Crippen molar-refractivity contribution in [3.05, 3.63) is 35.8 Å². The van der Waals surface area contributed by atoms with E-state index < -0.39 is 5.54 Å². The molecular weight excluding hydrogens is 282 g/mol. The molecule has 1 aromatic carbocycles. The Morgan fingerprint density at radius 3 is 2.81 bits per heavy atom. The zero-order valence-corrected chi connectivity index (χ0v) is 12.7. The van der Waals surface area contributed by atoms with Gasteiger partial charge >= 0.3 is 0 Å². The average molecular weight is 301 g/mol. The molecule has 21 heavy (non-hydrogen) atoms. The molecule has 3 rings (SSSR count). The lowest BCUT2D eigenvalue weighted by molar-refractivity contribution is -0.122. The van der Waals surface area contributed by atoms with Gasteiger partial charge in [0.25, 0.3) is 0 Å². The van der Waals surface area contributed by atoms with Gasteiger partial charge in [-0.15, -0.1) is 11.3 Å². The SMILES string of the molecule is NC1(C(=O)Nc2cccc(-c3nccs3)c2)CCCCC1. The van der Waals surface area contributed by atoms with Crippen molar-refractivity contribution in [2.75, 3.05) is 5.32 Å². The Bertz CT molecular complexity index is 618. The Kier molecular flexibility index (Phi) is 4.03. The molecule has 0 spiro atoms. The fraction of sp³-hybridized carbons (Fsp3) is 0.375. The summed E-state index contributed by atoms with van der Waals surface area (Å²) in [7, 11) is 0. The molecule has 1 fully saturated rings. The molecule has 0 radical (unpaired) electrons. The van der Waals surface area contributed by atoms with Crippen LogP contribution in [0.3, 0.4) is 0 Å². The Morgan fingerprint density at radius 1 is 1.29 bits per heavy atom. The minimum Gasteiger partial charge on any atom is -0.324 e. The average Bonchev–Trinajstić information content (AvgIpc) is 3.02. The molecule has 4 nitrogen and oxygen atoms in total. The molecule has 0 atom stereocenters. The summed E-state index contributed by atoms with van der Waals surface area (Å²) in [6.07, 6.45) is 6.55. The zero-order valence-electron chi connectivity index (χ0n) is 11.8. The van der Waals surface area contributed by atoms with Crippen molar-refractivity contribution >= 4 is 22.9 Å². The topological polar surface area (TPSA) is 68.0 Å². The van der Waals surface area contributed by atoms with Crippen LogP contribution in [0.2, 0.25) is 0 Å². The lowest BCUT2D eigenvalue weighted by atomic mass is 9.82. The van der Waals surface area contributed by atoms with Gasteiger partial charge in [0, 0.05) is 22.8 Å². The molecule has 0 bridgehead atoms. The van der Waals surface area contributed by atoms with Gasteiger partial charge in [-0.1, -0.05) is 31.4 Å². The van der Waals surface area contributed by atoms with Crippen LogP contribution in [0.1, 0.15) is 32.1 Å². The van der Waals surface area contributed by atoms with E-state index in [0.29, 0.717) is 0 Å². The second-order valence-corrected chi connectivity index (χ2v) is 6.48. The summed E-state index contributed by atoms with van der Waals surface area (Å²) in [5.74, 6) is -0.0708. The monoisotopic (exact) mass is 301 g/mol. The number of hydrogen-bond donors (Lipinski definition) is 2. The van der Waals surface area contributed by atoms with E-state index >= 15 is 0 Å². The number of carbonyl (C=O) groups excluding carboxylic acids is 1. The van der Waals surface area contributed by atoms with Crippen LogP contribution in [0.15, 0.2) is 35.8 Å². The normalized spacial score (nSPS) is 17.4. The Morgan fingerprint density at radius 2 is 2.10 bits per heavy atom. The van der Waals surface area contributed by atoms with Gasteiger partial charge in [0.1, 0.15) is 5.01 Å². The Balaban J connectivity index is 1.76. The first-order valence-electron chi connectivity index (χ1n) is 7.28. The van der Waals surface area contributed by atoms with Gasteiger partial charge in [-0.3, -0.25) is 4.79 Å². The maximum atomic E-state index is 12.4. The number of anilines is 1. The number of rotatable bonds is 3. The van der Waals surface area contributed by atoms with Crippen molar-refractivity contribution in [2.45, 2.75) is 37.6 Å². The number of hydrogen-bond acceptors (Lipinski definition) is 4. The predicted molar refractivity (Wildman–Crippen MR) is 86.2 cm³/mol. The standard InChI is InChI=1S/C16H19N3OS/c17-16(7-2-1-3-8-16)15(20)19-13-6-4-5-12(11-13)14-18-9-10-21-14/h4-6,9-11H,1-3,7-8,17H2,(H,19,20). The van der Waals surface area contributed by atoms with E-state index in [9.17, 15) is 4.79 Å². The summed E-state index contributed by atoms with van der Waals surface area (Å²) in [4.78, 5) is 16.7. The number of benzene rings is 1. The number of nitrogens with two attached hydrogens (primary N) is 1. The third-order valence-electron chi connectivity index (χ3n) is 4.00. The lowest BCUT2D eigenvalue weighted by Crippen LogP contribution is -2.52. The van der Waals surface area contributed by atoms with Gasteiger partial charge in [0.15, 0.2) is 0 Å². The van der Waals surface area contributed by atoms with Crippen molar-refractivity contribution < 1.29 is 4.79 Å². The fourth-order valence-electron chi connectivity index (χ4n) is 2.76. The molecule has 1 aliphatic rings. The molecule has 1 heterocycles. The summed E-state index contributed by atoms with van der Waals surface area (Å²) < 4.78 is 0. The van der Waals surface area contributed by atoms with E-state index in [4.69, 9.17) is 5.73 Å². The molecule has 5 heteroatoms. The van der Waals surface area contributed by atoms with E-state index in [-0.39, 0.29) is 5.91 Å². The van der Waals surface area contributed by atoms with Crippen LogP contribution in [-0.2, 0) is 4.79 Å².